The quantitative estimate of drug-likeness (QED) is 0.622. The lowest BCUT2D eigenvalue weighted by Crippen LogP contribution is -2.28. The summed E-state index contributed by atoms with van der Waals surface area (Å²) in [6.07, 6.45) is 1.94. The Kier molecular flexibility index (Phi) is 2.91. The van der Waals surface area contributed by atoms with Crippen molar-refractivity contribution in [2.45, 2.75) is 39.3 Å². The van der Waals surface area contributed by atoms with E-state index in [1.165, 1.54) is 10.9 Å². The van der Waals surface area contributed by atoms with Gasteiger partial charge in [0.1, 0.15) is 8.80 Å². The minimum absolute atomic E-state index is 0.245. The van der Waals surface area contributed by atoms with Crippen LogP contribution in [0.5, 0.6) is 0 Å². The highest BCUT2D eigenvalue weighted by Gasteiger charge is 2.14. The summed E-state index contributed by atoms with van der Waals surface area (Å²) in [5, 5.41) is 1.29. The number of hydrogen-bond acceptors (Lipinski definition) is 1. The van der Waals surface area contributed by atoms with Crippen LogP contribution in [0.3, 0.4) is 0 Å². The third-order valence-electron chi connectivity index (χ3n) is 2.14. The molecule has 1 nitrogen and oxygen atoms in total. The maximum absolute atomic E-state index is 4.40. The van der Waals surface area contributed by atoms with Crippen LogP contribution in [-0.2, 0) is 5.41 Å². The Balaban J connectivity index is 3.06. The van der Waals surface area contributed by atoms with Crippen LogP contribution in [0.15, 0.2) is 18.3 Å². The van der Waals surface area contributed by atoms with Gasteiger partial charge in [-0.25, -0.2) is 0 Å². The summed E-state index contributed by atoms with van der Waals surface area (Å²) in [6, 6.07) is 4.38. The zero-order valence-electron chi connectivity index (χ0n) is 9.18. The molecule has 0 amide bonds. The minimum Gasteiger partial charge on any atom is -0.266 e. The summed E-state index contributed by atoms with van der Waals surface area (Å²) in [5.74, 6) is 0. The fourth-order valence-electron chi connectivity index (χ4n) is 1.17. The van der Waals surface area contributed by atoms with Crippen LogP contribution in [-0.4, -0.2) is 13.8 Å². The van der Waals surface area contributed by atoms with Crippen LogP contribution in [0, 0.1) is 0 Å². The molecule has 0 saturated heterocycles. The van der Waals surface area contributed by atoms with Gasteiger partial charge >= 0.3 is 0 Å². The van der Waals surface area contributed by atoms with Crippen LogP contribution >= 0.6 is 0 Å². The van der Waals surface area contributed by atoms with Crippen molar-refractivity contribution in [1.82, 2.24) is 4.98 Å². The molecule has 0 aliphatic carbocycles. The molecule has 0 N–H and O–H groups in total. The second kappa shape index (κ2) is 3.62. The van der Waals surface area contributed by atoms with Gasteiger partial charge in [0.05, 0.1) is 0 Å². The molecule has 0 aliphatic rings. The van der Waals surface area contributed by atoms with Gasteiger partial charge in [0.25, 0.3) is 0 Å². The fraction of sp³-hybridized carbons (Fsp3) is 0.545. The molecule has 1 aromatic rings. The molecular weight excluding hydrogens is 174 g/mol. The van der Waals surface area contributed by atoms with E-state index in [9.17, 15) is 0 Å². The molecule has 2 heteroatoms. The lowest BCUT2D eigenvalue weighted by molar-refractivity contribution is 0.590. The third-order valence-corrected chi connectivity index (χ3v) is 3.44. The summed E-state index contributed by atoms with van der Waals surface area (Å²) >= 11 is 0. The first kappa shape index (κ1) is 10.4. The SMILES string of the molecule is C[Si](C)c1cc(C(C)(C)C)ccn1. The van der Waals surface area contributed by atoms with Gasteiger partial charge in [-0.2, -0.15) is 0 Å². The Bertz CT molecular complexity index is 286. The van der Waals surface area contributed by atoms with Gasteiger partial charge in [-0.3, -0.25) is 4.98 Å². The summed E-state index contributed by atoms with van der Waals surface area (Å²) in [6.45, 7) is 11.3. The van der Waals surface area contributed by atoms with Crippen LogP contribution in [0.4, 0.5) is 0 Å². The molecule has 0 unspecified atom stereocenters. The van der Waals surface area contributed by atoms with Crippen LogP contribution in [0.1, 0.15) is 26.3 Å². The first-order valence-electron chi connectivity index (χ1n) is 4.68. The largest absolute Gasteiger partial charge is 0.266 e. The van der Waals surface area contributed by atoms with E-state index in [4.69, 9.17) is 0 Å². The number of rotatable bonds is 1. The standard InChI is InChI=1S/C11H18NSi/c1-11(2,3)9-6-7-12-10(8-9)13(4)5/h6-8H,1-5H3. The molecule has 13 heavy (non-hydrogen) atoms. The number of aromatic nitrogens is 1. The van der Waals surface area contributed by atoms with E-state index < -0.39 is 8.80 Å². The molecule has 0 aliphatic heterocycles. The average molecular weight is 192 g/mol. The lowest BCUT2D eigenvalue weighted by atomic mass is 9.88. The first-order chi connectivity index (χ1) is 5.91. The Hall–Kier alpha value is -0.633. The van der Waals surface area contributed by atoms with Crippen molar-refractivity contribution in [2.24, 2.45) is 0 Å². The molecular formula is C11H18NSi. The van der Waals surface area contributed by atoms with Gasteiger partial charge in [0.2, 0.25) is 0 Å². The molecule has 1 heterocycles. The molecule has 1 rings (SSSR count). The van der Waals surface area contributed by atoms with Crippen molar-refractivity contribution in [3.8, 4) is 0 Å². The summed E-state index contributed by atoms with van der Waals surface area (Å²) < 4.78 is 0. The number of pyridine rings is 1. The number of hydrogen-bond donors (Lipinski definition) is 0. The van der Waals surface area contributed by atoms with E-state index in [2.05, 4.69) is 51.0 Å². The zero-order chi connectivity index (χ0) is 10.1. The Morgan fingerprint density at radius 1 is 1.23 bits per heavy atom. The normalized spacial score (nSPS) is 12.2. The van der Waals surface area contributed by atoms with Crippen molar-refractivity contribution >= 4 is 14.1 Å². The average Bonchev–Trinajstić information content (AvgIpc) is 2.03. The van der Waals surface area contributed by atoms with Crippen LogP contribution in [0.25, 0.3) is 0 Å². The van der Waals surface area contributed by atoms with E-state index in [0.29, 0.717) is 0 Å². The van der Waals surface area contributed by atoms with Gasteiger partial charge in [-0.1, -0.05) is 33.9 Å². The van der Waals surface area contributed by atoms with Crippen LogP contribution < -0.4 is 5.32 Å². The maximum Gasteiger partial charge on any atom is 0.104 e. The highest BCUT2D eigenvalue weighted by molar-refractivity contribution is 6.69. The Morgan fingerprint density at radius 2 is 1.85 bits per heavy atom. The summed E-state index contributed by atoms with van der Waals surface area (Å²) in [5.41, 5.74) is 1.64. The van der Waals surface area contributed by atoms with Gasteiger partial charge in [0, 0.05) is 11.5 Å². The topological polar surface area (TPSA) is 12.9 Å². The van der Waals surface area contributed by atoms with Gasteiger partial charge in [0.15, 0.2) is 0 Å². The molecule has 0 atom stereocenters. The molecule has 0 spiro atoms. The molecule has 1 radical (unpaired) electrons. The van der Waals surface area contributed by atoms with E-state index >= 15 is 0 Å². The van der Waals surface area contributed by atoms with Crippen molar-refractivity contribution in [3.63, 3.8) is 0 Å². The van der Waals surface area contributed by atoms with Crippen molar-refractivity contribution < 1.29 is 0 Å². The molecule has 0 saturated carbocycles. The highest BCUT2D eigenvalue weighted by Crippen LogP contribution is 2.20. The fourth-order valence-corrected chi connectivity index (χ4v) is 1.95. The van der Waals surface area contributed by atoms with Crippen molar-refractivity contribution in [3.05, 3.63) is 23.9 Å². The molecule has 71 valence electrons. The molecule has 0 fully saturated rings. The summed E-state index contributed by atoms with van der Waals surface area (Å²) in [7, 11) is -0.405. The predicted octanol–water partition coefficient (Wildman–Crippen LogP) is 2.34. The van der Waals surface area contributed by atoms with E-state index in [-0.39, 0.29) is 5.41 Å². The van der Waals surface area contributed by atoms with Gasteiger partial charge in [-0.05, 0) is 23.1 Å². The zero-order valence-corrected chi connectivity index (χ0v) is 10.2. The van der Waals surface area contributed by atoms with E-state index in [0.717, 1.165) is 0 Å². The Labute approximate surface area is 82.8 Å². The summed E-state index contributed by atoms with van der Waals surface area (Å²) in [4.78, 5) is 4.40. The van der Waals surface area contributed by atoms with Gasteiger partial charge in [-0.15, -0.1) is 0 Å². The second-order valence-electron chi connectivity index (χ2n) is 4.68. The van der Waals surface area contributed by atoms with E-state index in [1.54, 1.807) is 0 Å². The predicted molar refractivity (Wildman–Crippen MR) is 60.1 cm³/mol. The highest BCUT2D eigenvalue weighted by atomic mass is 28.3. The van der Waals surface area contributed by atoms with Crippen molar-refractivity contribution in [1.29, 1.82) is 0 Å². The lowest BCUT2D eigenvalue weighted by Gasteiger charge is -2.19. The number of nitrogens with zero attached hydrogens (tertiary/aromatic N) is 1. The first-order valence-corrected chi connectivity index (χ1v) is 7.18. The molecule has 0 bridgehead atoms. The molecule has 0 aromatic carbocycles. The minimum atomic E-state index is -0.405. The van der Waals surface area contributed by atoms with Crippen molar-refractivity contribution in [2.75, 3.05) is 0 Å². The monoisotopic (exact) mass is 192 g/mol. The maximum atomic E-state index is 4.40. The van der Waals surface area contributed by atoms with E-state index in [1.807, 2.05) is 6.20 Å². The second-order valence-corrected chi connectivity index (χ2v) is 7.19. The van der Waals surface area contributed by atoms with Gasteiger partial charge < -0.3 is 0 Å². The van der Waals surface area contributed by atoms with Crippen LogP contribution in [0.2, 0.25) is 13.1 Å². The Morgan fingerprint density at radius 3 is 2.31 bits per heavy atom. The smallest absolute Gasteiger partial charge is 0.104 e. The third kappa shape index (κ3) is 2.66. The molecule has 1 aromatic heterocycles.